The van der Waals surface area contributed by atoms with Gasteiger partial charge in [-0.2, -0.15) is 0 Å². The molecule has 0 aliphatic rings. The number of nitrogens with two attached hydrogens (primary N) is 1. The highest BCUT2D eigenvalue weighted by molar-refractivity contribution is 7.09. The number of nitrogens with one attached hydrogen (secondary N) is 1. The van der Waals surface area contributed by atoms with Crippen LogP contribution in [0.4, 0.5) is 0 Å². The number of benzene rings is 2. The Morgan fingerprint density at radius 2 is 1.80 bits per heavy atom. The number of para-hydroxylation sites is 1. The van der Waals surface area contributed by atoms with Crippen LogP contribution in [0.15, 0.2) is 53.9 Å². The molecule has 5 heteroatoms. The molecule has 0 unspecified atom stereocenters. The highest BCUT2D eigenvalue weighted by Gasteiger charge is 2.09. The third-order valence-corrected chi connectivity index (χ3v) is 5.03. The molecule has 0 atom stereocenters. The molecule has 3 rings (SSSR count). The van der Waals surface area contributed by atoms with E-state index in [-0.39, 0.29) is 11.6 Å². The average Bonchev–Trinajstić information content (AvgIpc) is 3.09. The Morgan fingerprint density at radius 3 is 2.56 bits per heavy atom. The van der Waals surface area contributed by atoms with Crippen molar-refractivity contribution in [2.24, 2.45) is 5.73 Å². The largest absolute Gasteiger partial charge is 0.507 e. The van der Waals surface area contributed by atoms with Crippen LogP contribution in [0.5, 0.6) is 5.75 Å². The summed E-state index contributed by atoms with van der Waals surface area (Å²) in [6.45, 7) is 0. The topological polar surface area (TPSA) is 83.0 Å². The van der Waals surface area contributed by atoms with Gasteiger partial charge in [0.25, 0.3) is 0 Å². The summed E-state index contributed by atoms with van der Waals surface area (Å²) in [5.74, 6) is 0.0335. The van der Waals surface area contributed by atoms with Crippen LogP contribution >= 0.6 is 11.3 Å². The molecule has 0 spiro atoms. The predicted octanol–water partition coefficient (Wildman–Crippen LogP) is 4.37. The second kappa shape index (κ2) is 7.94. The van der Waals surface area contributed by atoms with E-state index in [1.807, 2.05) is 30.3 Å². The minimum absolute atomic E-state index is 0.101. The molecule has 0 bridgehead atoms. The van der Waals surface area contributed by atoms with Crippen molar-refractivity contribution in [3.8, 4) is 17.0 Å². The maximum Gasteiger partial charge on any atom is 0.129 e. The summed E-state index contributed by atoms with van der Waals surface area (Å²) >= 11 is 1.69. The number of thiazole rings is 1. The van der Waals surface area contributed by atoms with Crippen molar-refractivity contribution in [1.29, 1.82) is 5.41 Å². The van der Waals surface area contributed by atoms with Crippen molar-refractivity contribution in [3.63, 3.8) is 0 Å². The number of nitrogen functional groups attached to an aromatic ring is 1. The first-order valence-corrected chi connectivity index (χ1v) is 9.18. The molecule has 128 valence electrons. The molecule has 4 nitrogen and oxygen atoms in total. The molecule has 0 aliphatic heterocycles. The summed E-state index contributed by atoms with van der Waals surface area (Å²) in [5, 5.41) is 20.9. The van der Waals surface area contributed by atoms with Crippen LogP contribution in [0, 0.1) is 5.41 Å². The minimum atomic E-state index is -0.101. The lowest BCUT2D eigenvalue weighted by Gasteiger charge is -2.08. The summed E-state index contributed by atoms with van der Waals surface area (Å²) in [4.78, 5) is 4.70. The van der Waals surface area contributed by atoms with Gasteiger partial charge in [-0.3, -0.25) is 5.41 Å². The van der Waals surface area contributed by atoms with Gasteiger partial charge in [0.05, 0.1) is 16.3 Å². The van der Waals surface area contributed by atoms with Crippen molar-refractivity contribution in [2.45, 2.75) is 25.7 Å². The standard InChI is InChI=1S/C20H21N3OS/c21-20(22)16-11-6-10-15(19(16)24)9-4-5-12-18-23-17(13-25-18)14-7-2-1-3-8-14/h1-3,6-8,10-11,13,24H,4-5,9,12H2,(H3,21,22). The van der Waals surface area contributed by atoms with Gasteiger partial charge in [0.1, 0.15) is 11.6 Å². The first-order valence-electron chi connectivity index (χ1n) is 8.30. The number of phenolic OH excluding ortho intramolecular Hbond substituents is 1. The van der Waals surface area contributed by atoms with Gasteiger partial charge < -0.3 is 10.8 Å². The third-order valence-electron chi connectivity index (χ3n) is 4.12. The van der Waals surface area contributed by atoms with Gasteiger partial charge in [-0.25, -0.2) is 4.98 Å². The fraction of sp³-hybridized carbons (Fsp3) is 0.200. The number of aromatic nitrogens is 1. The number of nitrogens with zero attached hydrogens (tertiary/aromatic N) is 1. The van der Waals surface area contributed by atoms with E-state index < -0.39 is 0 Å². The number of hydrogen-bond donors (Lipinski definition) is 3. The molecule has 2 aromatic carbocycles. The molecule has 0 radical (unpaired) electrons. The average molecular weight is 351 g/mol. The number of unbranched alkanes of at least 4 members (excludes halogenated alkanes) is 1. The molecule has 3 aromatic rings. The number of aromatic hydroxyl groups is 1. The van der Waals surface area contributed by atoms with E-state index in [1.165, 1.54) is 0 Å². The molecule has 25 heavy (non-hydrogen) atoms. The number of phenols is 1. The fourth-order valence-electron chi connectivity index (χ4n) is 2.77. The van der Waals surface area contributed by atoms with E-state index in [1.54, 1.807) is 17.4 Å². The number of rotatable bonds is 7. The van der Waals surface area contributed by atoms with Crippen molar-refractivity contribution in [2.75, 3.05) is 0 Å². The van der Waals surface area contributed by atoms with Gasteiger partial charge in [0.2, 0.25) is 0 Å². The monoisotopic (exact) mass is 351 g/mol. The van der Waals surface area contributed by atoms with Gasteiger partial charge in [-0.15, -0.1) is 11.3 Å². The molecule has 1 heterocycles. The number of aryl methyl sites for hydroxylation is 2. The van der Waals surface area contributed by atoms with Crippen LogP contribution in [0.1, 0.15) is 29.0 Å². The van der Waals surface area contributed by atoms with Crippen LogP contribution in [-0.4, -0.2) is 15.9 Å². The first kappa shape index (κ1) is 17.2. The van der Waals surface area contributed by atoms with Gasteiger partial charge in [0.15, 0.2) is 0 Å². The summed E-state index contributed by atoms with van der Waals surface area (Å²) in [6, 6.07) is 15.6. The SMILES string of the molecule is N=C(N)c1cccc(CCCCc2nc(-c3ccccc3)cs2)c1O. The molecule has 0 saturated carbocycles. The van der Waals surface area contributed by atoms with Gasteiger partial charge in [-0.05, 0) is 37.3 Å². The van der Waals surface area contributed by atoms with Crippen LogP contribution in [0.3, 0.4) is 0 Å². The summed E-state index contributed by atoms with van der Waals surface area (Å²) in [5.41, 5.74) is 8.92. The van der Waals surface area contributed by atoms with Crippen LogP contribution < -0.4 is 5.73 Å². The summed E-state index contributed by atoms with van der Waals surface area (Å²) < 4.78 is 0. The van der Waals surface area contributed by atoms with Crippen molar-refractivity contribution >= 4 is 17.2 Å². The van der Waals surface area contributed by atoms with Crippen LogP contribution in [0.2, 0.25) is 0 Å². The van der Waals surface area contributed by atoms with E-state index in [0.29, 0.717) is 5.56 Å². The Bertz CT molecular complexity index is 858. The lowest BCUT2D eigenvalue weighted by molar-refractivity contribution is 0.465. The normalized spacial score (nSPS) is 10.7. The highest BCUT2D eigenvalue weighted by Crippen LogP contribution is 2.25. The second-order valence-electron chi connectivity index (χ2n) is 5.93. The fourth-order valence-corrected chi connectivity index (χ4v) is 3.62. The Balaban J connectivity index is 1.54. The zero-order valence-corrected chi connectivity index (χ0v) is 14.7. The van der Waals surface area contributed by atoms with Gasteiger partial charge in [-0.1, -0.05) is 42.5 Å². The quantitative estimate of drug-likeness (QED) is 0.336. The van der Waals surface area contributed by atoms with Gasteiger partial charge in [0, 0.05) is 10.9 Å². The van der Waals surface area contributed by atoms with Crippen LogP contribution in [0.25, 0.3) is 11.3 Å². The van der Waals surface area contributed by atoms with E-state index in [4.69, 9.17) is 16.1 Å². The Kier molecular flexibility index (Phi) is 5.46. The predicted molar refractivity (Wildman–Crippen MR) is 103 cm³/mol. The Labute approximate surface area is 151 Å². The summed E-state index contributed by atoms with van der Waals surface area (Å²) in [7, 11) is 0. The highest BCUT2D eigenvalue weighted by atomic mass is 32.1. The smallest absolute Gasteiger partial charge is 0.129 e. The third kappa shape index (κ3) is 4.25. The molecule has 1 aromatic heterocycles. The van der Waals surface area contributed by atoms with E-state index in [2.05, 4.69) is 17.5 Å². The van der Waals surface area contributed by atoms with E-state index in [9.17, 15) is 5.11 Å². The van der Waals surface area contributed by atoms with Crippen molar-refractivity contribution < 1.29 is 5.11 Å². The molecule has 0 amide bonds. The molecule has 4 N–H and O–H groups in total. The molecule has 0 fully saturated rings. The lowest BCUT2D eigenvalue weighted by Crippen LogP contribution is -2.11. The zero-order chi connectivity index (χ0) is 17.6. The van der Waals surface area contributed by atoms with Gasteiger partial charge >= 0.3 is 0 Å². The Morgan fingerprint density at radius 1 is 1.04 bits per heavy atom. The summed E-state index contributed by atoms with van der Waals surface area (Å²) in [6.07, 6.45) is 3.66. The second-order valence-corrected chi connectivity index (χ2v) is 6.87. The number of amidine groups is 1. The van der Waals surface area contributed by atoms with Crippen molar-refractivity contribution in [3.05, 3.63) is 70.0 Å². The van der Waals surface area contributed by atoms with Crippen molar-refractivity contribution in [1.82, 2.24) is 4.98 Å². The van der Waals surface area contributed by atoms with E-state index in [0.717, 1.165) is 47.5 Å². The molecule has 0 saturated heterocycles. The maximum atomic E-state index is 10.2. The van der Waals surface area contributed by atoms with E-state index >= 15 is 0 Å². The van der Waals surface area contributed by atoms with Crippen LogP contribution in [-0.2, 0) is 12.8 Å². The molecule has 0 aliphatic carbocycles. The molecular formula is C20H21N3OS. The maximum absolute atomic E-state index is 10.2. The minimum Gasteiger partial charge on any atom is -0.507 e. The first-order chi connectivity index (χ1) is 12.1. The zero-order valence-electron chi connectivity index (χ0n) is 13.9. The molecular weight excluding hydrogens is 330 g/mol. The Hall–Kier alpha value is -2.66. The number of hydrogen-bond acceptors (Lipinski definition) is 4. The lowest BCUT2D eigenvalue weighted by atomic mass is 10.0.